The number of aliphatic carboxylic acids is 1. The molecule has 0 bridgehead atoms. The van der Waals surface area contributed by atoms with Crippen LogP contribution in [0.25, 0.3) is 0 Å². The number of fused-ring (bicyclic) bond motifs is 1. The van der Waals surface area contributed by atoms with E-state index >= 15 is 0 Å². The molecule has 1 aliphatic heterocycles. The maximum absolute atomic E-state index is 10.4. The van der Waals surface area contributed by atoms with Crippen LogP contribution in [0.2, 0.25) is 0 Å². The van der Waals surface area contributed by atoms with E-state index in [0.717, 1.165) is 36.7 Å². The Bertz CT molecular complexity index is 434. The normalized spacial score (nSPS) is 17.3. The molecule has 1 atom stereocenters. The molecular weight excluding hydrogens is 294 g/mol. The van der Waals surface area contributed by atoms with E-state index in [1.807, 2.05) is 0 Å². The summed E-state index contributed by atoms with van der Waals surface area (Å²) in [7, 11) is 0. The molecule has 98 valence electrons. The van der Waals surface area contributed by atoms with Gasteiger partial charge in [0.05, 0.1) is 5.69 Å². The minimum absolute atomic E-state index is 0.297. The molecule has 0 aliphatic carbocycles. The van der Waals surface area contributed by atoms with E-state index in [2.05, 4.69) is 39.4 Å². The van der Waals surface area contributed by atoms with Gasteiger partial charge in [-0.25, -0.2) is 0 Å². The number of rotatable bonds is 6. The van der Waals surface area contributed by atoms with Gasteiger partial charge < -0.3 is 10.4 Å². The van der Waals surface area contributed by atoms with Crippen LogP contribution in [0.4, 0.5) is 5.69 Å². The number of benzene rings is 1. The van der Waals surface area contributed by atoms with Crippen LogP contribution in [0.15, 0.2) is 22.7 Å². The van der Waals surface area contributed by atoms with Crippen molar-refractivity contribution in [2.75, 3.05) is 11.9 Å². The second kappa shape index (κ2) is 6.23. The van der Waals surface area contributed by atoms with Gasteiger partial charge in [-0.05, 0) is 40.4 Å². The molecule has 0 amide bonds. The summed E-state index contributed by atoms with van der Waals surface area (Å²) in [5.41, 5.74) is 2.62. The van der Waals surface area contributed by atoms with Crippen molar-refractivity contribution in [1.29, 1.82) is 0 Å². The van der Waals surface area contributed by atoms with Gasteiger partial charge >= 0.3 is 5.97 Å². The molecule has 2 rings (SSSR count). The molecule has 0 fully saturated rings. The number of unbranched alkanes of at least 4 members (excludes halogenated alkanes) is 2. The minimum Gasteiger partial charge on any atom is -0.481 e. The maximum atomic E-state index is 10.4. The molecule has 1 unspecified atom stereocenters. The largest absolute Gasteiger partial charge is 0.481 e. The number of carbonyl (C=O) groups is 1. The first kappa shape index (κ1) is 13.4. The standard InChI is InChI=1S/C14H18BrNO2/c15-12-7-4-6-11-10(9-16-14(11)12)5-2-1-3-8-13(17)18/h4,6-7,10,16H,1-3,5,8-9H2,(H,17,18). The van der Waals surface area contributed by atoms with Crippen LogP contribution in [0.3, 0.4) is 0 Å². The summed E-state index contributed by atoms with van der Waals surface area (Å²) in [5, 5.41) is 12.0. The fourth-order valence-electron chi connectivity index (χ4n) is 2.50. The summed E-state index contributed by atoms with van der Waals surface area (Å²) in [5.74, 6) is -0.117. The van der Waals surface area contributed by atoms with Gasteiger partial charge in [-0.3, -0.25) is 4.79 Å². The third kappa shape index (κ3) is 3.25. The number of hydrogen-bond donors (Lipinski definition) is 2. The fourth-order valence-corrected chi connectivity index (χ4v) is 3.03. The quantitative estimate of drug-likeness (QED) is 0.781. The molecule has 1 aliphatic rings. The number of halogens is 1. The molecule has 18 heavy (non-hydrogen) atoms. The molecule has 1 aromatic carbocycles. The molecule has 0 saturated carbocycles. The highest BCUT2D eigenvalue weighted by molar-refractivity contribution is 9.10. The Morgan fingerprint density at radius 1 is 1.39 bits per heavy atom. The molecule has 3 nitrogen and oxygen atoms in total. The average Bonchev–Trinajstić information content (AvgIpc) is 2.73. The van der Waals surface area contributed by atoms with Crippen LogP contribution in [-0.2, 0) is 4.79 Å². The Morgan fingerprint density at radius 2 is 2.22 bits per heavy atom. The summed E-state index contributed by atoms with van der Waals surface area (Å²) in [6.45, 7) is 0.997. The summed E-state index contributed by atoms with van der Waals surface area (Å²) in [4.78, 5) is 10.4. The Kier molecular flexibility index (Phi) is 4.64. The van der Waals surface area contributed by atoms with E-state index in [0.29, 0.717) is 12.3 Å². The van der Waals surface area contributed by atoms with Gasteiger partial charge in [-0.1, -0.05) is 25.0 Å². The van der Waals surface area contributed by atoms with Crippen LogP contribution < -0.4 is 5.32 Å². The third-order valence-electron chi connectivity index (χ3n) is 3.45. The van der Waals surface area contributed by atoms with Crippen molar-refractivity contribution in [3.8, 4) is 0 Å². The number of carboxylic acids is 1. The summed E-state index contributed by atoms with van der Waals surface area (Å²) in [6, 6.07) is 6.32. The van der Waals surface area contributed by atoms with E-state index < -0.39 is 5.97 Å². The lowest BCUT2D eigenvalue weighted by Crippen LogP contribution is -2.02. The van der Waals surface area contributed by atoms with Gasteiger partial charge in [0, 0.05) is 23.4 Å². The maximum Gasteiger partial charge on any atom is 0.303 e. The Hall–Kier alpha value is -1.03. The second-order valence-corrected chi connectivity index (χ2v) is 5.63. The molecule has 1 heterocycles. The highest BCUT2D eigenvalue weighted by Crippen LogP contribution is 2.39. The zero-order valence-corrected chi connectivity index (χ0v) is 11.9. The van der Waals surface area contributed by atoms with Crippen molar-refractivity contribution < 1.29 is 9.90 Å². The lowest BCUT2D eigenvalue weighted by atomic mass is 9.95. The van der Waals surface area contributed by atoms with E-state index in [1.165, 1.54) is 11.3 Å². The predicted octanol–water partition coefficient (Wildman–Crippen LogP) is 3.99. The third-order valence-corrected chi connectivity index (χ3v) is 4.11. The lowest BCUT2D eigenvalue weighted by Gasteiger charge is -2.09. The Balaban J connectivity index is 1.80. The summed E-state index contributed by atoms with van der Waals surface area (Å²) in [6.07, 6.45) is 4.33. The zero-order chi connectivity index (χ0) is 13.0. The van der Waals surface area contributed by atoms with Gasteiger partial charge in [-0.15, -0.1) is 0 Å². The van der Waals surface area contributed by atoms with E-state index in [9.17, 15) is 4.79 Å². The van der Waals surface area contributed by atoms with Crippen LogP contribution in [0, 0.1) is 0 Å². The smallest absolute Gasteiger partial charge is 0.303 e. The van der Waals surface area contributed by atoms with Gasteiger partial charge in [-0.2, -0.15) is 0 Å². The SMILES string of the molecule is O=C(O)CCCCCC1CNc2c(Br)cccc21. The van der Waals surface area contributed by atoms with Crippen molar-refractivity contribution in [3.05, 3.63) is 28.2 Å². The first-order chi connectivity index (χ1) is 8.68. The molecule has 2 N–H and O–H groups in total. The first-order valence-electron chi connectivity index (χ1n) is 6.42. The summed E-state index contributed by atoms with van der Waals surface area (Å²) < 4.78 is 1.13. The van der Waals surface area contributed by atoms with E-state index in [-0.39, 0.29) is 0 Å². The van der Waals surface area contributed by atoms with Crippen LogP contribution in [-0.4, -0.2) is 17.6 Å². The molecule has 0 aromatic heterocycles. The van der Waals surface area contributed by atoms with Gasteiger partial charge in [0.2, 0.25) is 0 Å². The second-order valence-electron chi connectivity index (χ2n) is 4.77. The van der Waals surface area contributed by atoms with E-state index in [4.69, 9.17) is 5.11 Å². The highest BCUT2D eigenvalue weighted by atomic mass is 79.9. The number of nitrogens with one attached hydrogen (secondary N) is 1. The van der Waals surface area contributed by atoms with Crippen molar-refractivity contribution in [2.45, 2.75) is 38.0 Å². The van der Waals surface area contributed by atoms with Crippen molar-refractivity contribution in [3.63, 3.8) is 0 Å². The topological polar surface area (TPSA) is 49.3 Å². The van der Waals surface area contributed by atoms with Crippen molar-refractivity contribution in [2.24, 2.45) is 0 Å². The van der Waals surface area contributed by atoms with Gasteiger partial charge in [0.25, 0.3) is 0 Å². The molecule has 0 spiro atoms. The average molecular weight is 312 g/mol. The molecule has 4 heteroatoms. The minimum atomic E-state index is -0.688. The highest BCUT2D eigenvalue weighted by Gasteiger charge is 2.22. The monoisotopic (exact) mass is 311 g/mol. The molecular formula is C14H18BrNO2. The zero-order valence-electron chi connectivity index (χ0n) is 10.3. The Morgan fingerprint density at radius 3 is 3.00 bits per heavy atom. The van der Waals surface area contributed by atoms with Crippen molar-refractivity contribution in [1.82, 2.24) is 0 Å². The van der Waals surface area contributed by atoms with Crippen molar-refractivity contribution >= 4 is 27.6 Å². The lowest BCUT2D eigenvalue weighted by molar-refractivity contribution is -0.137. The fraction of sp³-hybridized carbons (Fsp3) is 0.500. The number of para-hydroxylation sites is 1. The summed E-state index contributed by atoms with van der Waals surface area (Å²) >= 11 is 3.56. The Labute approximate surface area is 116 Å². The molecule has 0 saturated heterocycles. The molecule has 0 radical (unpaired) electrons. The first-order valence-corrected chi connectivity index (χ1v) is 7.22. The van der Waals surface area contributed by atoms with Crippen LogP contribution >= 0.6 is 15.9 Å². The van der Waals surface area contributed by atoms with E-state index in [1.54, 1.807) is 0 Å². The number of hydrogen-bond acceptors (Lipinski definition) is 2. The predicted molar refractivity (Wildman–Crippen MR) is 76.1 cm³/mol. The van der Waals surface area contributed by atoms with Crippen LogP contribution in [0.1, 0.15) is 43.6 Å². The number of anilines is 1. The van der Waals surface area contributed by atoms with Gasteiger partial charge in [0.15, 0.2) is 0 Å². The molecule has 1 aromatic rings. The van der Waals surface area contributed by atoms with Gasteiger partial charge in [0.1, 0.15) is 0 Å². The van der Waals surface area contributed by atoms with Crippen LogP contribution in [0.5, 0.6) is 0 Å². The number of carboxylic acid groups (broad SMARTS) is 1.